The Morgan fingerprint density at radius 2 is 1.77 bits per heavy atom. The fraction of sp³-hybridized carbons (Fsp3) is 0.0870. The molecule has 1 aliphatic heterocycles. The monoisotopic (exact) mass is 413 g/mol. The van der Waals surface area contributed by atoms with Crippen LogP contribution in [0.5, 0.6) is 0 Å². The van der Waals surface area contributed by atoms with Crippen LogP contribution in [0, 0.1) is 0 Å². The van der Waals surface area contributed by atoms with Crippen molar-refractivity contribution in [3.05, 3.63) is 94.3 Å². The fourth-order valence-electron chi connectivity index (χ4n) is 3.58. The molecule has 5 rings (SSSR count). The lowest BCUT2D eigenvalue weighted by Crippen LogP contribution is -2.31. The smallest absolute Gasteiger partial charge is 0.255 e. The lowest BCUT2D eigenvalue weighted by Gasteiger charge is -2.27. The van der Waals surface area contributed by atoms with Crippen molar-refractivity contribution in [1.82, 2.24) is 14.8 Å². The van der Waals surface area contributed by atoms with E-state index in [1.165, 1.54) is 0 Å². The van der Waals surface area contributed by atoms with Gasteiger partial charge in [-0.15, -0.1) is 16.4 Å². The molecule has 0 saturated heterocycles. The molecule has 4 aromatic rings. The zero-order valence-electron chi connectivity index (χ0n) is 16.2. The molecule has 1 unspecified atom stereocenters. The van der Waals surface area contributed by atoms with Crippen LogP contribution in [0.25, 0.3) is 11.4 Å². The Morgan fingerprint density at radius 1 is 1.03 bits per heavy atom. The predicted molar refractivity (Wildman–Crippen MR) is 119 cm³/mol. The van der Waals surface area contributed by atoms with Crippen LogP contribution in [0.4, 0.5) is 11.6 Å². The van der Waals surface area contributed by atoms with Gasteiger partial charge in [-0.3, -0.25) is 4.79 Å². The highest BCUT2D eigenvalue weighted by Crippen LogP contribution is 2.38. The summed E-state index contributed by atoms with van der Waals surface area (Å²) in [6.07, 6.45) is 0. The standard InChI is InChI=1S/C23H19N5OS/c1-15-19(22(29)25-17-11-6-3-7-12-17)20(18-13-8-14-30-18)28-23(24-15)26-21(27-28)16-9-4-2-5-10-16/h2-14,20H,1H3,(H,25,29)(H,24,26,27). The molecule has 7 heteroatoms. The summed E-state index contributed by atoms with van der Waals surface area (Å²) in [6.45, 7) is 1.90. The molecule has 0 aliphatic carbocycles. The van der Waals surface area contributed by atoms with Crippen LogP contribution in [0.1, 0.15) is 17.8 Å². The predicted octanol–water partition coefficient (Wildman–Crippen LogP) is 4.93. The van der Waals surface area contributed by atoms with Crippen LogP contribution < -0.4 is 10.6 Å². The van der Waals surface area contributed by atoms with Gasteiger partial charge in [-0.1, -0.05) is 54.6 Å². The Balaban J connectivity index is 1.58. The van der Waals surface area contributed by atoms with Gasteiger partial charge in [0.15, 0.2) is 5.82 Å². The van der Waals surface area contributed by atoms with Gasteiger partial charge in [-0.2, -0.15) is 4.98 Å². The van der Waals surface area contributed by atoms with Gasteiger partial charge < -0.3 is 10.6 Å². The highest BCUT2D eigenvalue weighted by Gasteiger charge is 2.35. The summed E-state index contributed by atoms with van der Waals surface area (Å²) in [6, 6.07) is 23.0. The molecule has 3 heterocycles. The van der Waals surface area contributed by atoms with E-state index in [2.05, 4.69) is 15.6 Å². The summed E-state index contributed by atoms with van der Waals surface area (Å²) in [5.74, 6) is 1.09. The van der Waals surface area contributed by atoms with Crippen molar-refractivity contribution >= 4 is 28.9 Å². The quantitative estimate of drug-likeness (QED) is 0.497. The minimum absolute atomic E-state index is 0.160. The zero-order valence-corrected chi connectivity index (χ0v) is 17.1. The van der Waals surface area contributed by atoms with Crippen LogP contribution in [-0.4, -0.2) is 20.7 Å². The first-order valence-electron chi connectivity index (χ1n) is 9.60. The molecule has 1 aliphatic rings. The first-order chi connectivity index (χ1) is 14.7. The number of anilines is 2. The minimum Gasteiger partial charge on any atom is -0.328 e. The molecule has 148 valence electrons. The number of carbonyl (C=O) groups excluding carboxylic acids is 1. The second-order valence-electron chi connectivity index (χ2n) is 6.97. The van der Waals surface area contributed by atoms with Crippen molar-refractivity contribution in [2.24, 2.45) is 0 Å². The lowest BCUT2D eigenvalue weighted by molar-refractivity contribution is -0.113. The molecule has 2 aromatic heterocycles. The van der Waals surface area contributed by atoms with E-state index in [0.717, 1.165) is 21.8 Å². The number of benzene rings is 2. The van der Waals surface area contributed by atoms with Crippen LogP contribution in [-0.2, 0) is 4.79 Å². The van der Waals surface area contributed by atoms with E-state index >= 15 is 0 Å². The second-order valence-corrected chi connectivity index (χ2v) is 7.95. The van der Waals surface area contributed by atoms with E-state index in [0.29, 0.717) is 17.3 Å². The Morgan fingerprint density at radius 3 is 2.47 bits per heavy atom. The maximum atomic E-state index is 13.3. The number of nitrogens with zero attached hydrogens (tertiary/aromatic N) is 3. The number of rotatable bonds is 4. The van der Waals surface area contributed by atoms with Crippen LogP contribution in [0.2, 0.25) is 0 Å². The summed E-state index contributed by atoms with van der Waals surface area (Å²) in [4.78, 5) is 19.0. The van der Waals surface area contributed by atoms with Crippen LogP contribution in [0.15, 0.2) is 89.4 Å². The number of thiophene rings is 1. The number of fused-ring (bicyclic) bond motifs is 1. The molecule has 0 saturated carbocycles. The molecule has 0 radical (unpaired) electrons. The van der Waals surface area contributed by atoms with Gasteiger partial charge in [0.1, 0.15) is 6.04 Å². The molecule has 30 heavy (non-hydrogen) atoms. The molecule has 0 spiro atoms. The van der Waals surface area contributed by atoms with E-state index in [4.69, 9.17) is 5.10 Å². The summed E-state index contributed by atoms with van der Waals surface area (Å²) in [5, 5.41) is 13.1. The average molecular weight is 414 g/mol. The Hall–Kier alpha value is -3.71. The number of amides is 1. The first kappa shape index (κ1) is 18.3. The number of carbonyl (C=O) groups is 1. The third kappa shape index (κ3) is 3.29. The Labute approximate surface area is 177 Å². The highest BCUT2D eigenvalue weighted by molar-refractivity contribution is 7.10. The van der Waals surface area contributed by atoms with E-state index in [9.17, 15) is 4.79 Å². The molecular weight excluding hydrogens is 394 g/mol. The van der Waals surface area contributed by atoms with Crippen molar-refractivity contribution in [3.63, 3.8) is 0 Å². The van der Waals surface area contributed by atoms with Gasteiger partial charge in [0.25, 0.3) is 5.91 Å². The van der Waals surface area contributed by atoms with Crippen molar-refractivity contribution in [3.8, 4) is 11.4 Å². The maximum absolute atomic E-state index is 13.3. The second kappa shape index (κ2) is 7.61. The van der Waals surface area contributed by atoms with E-state index in [1.54, 1.807) is 16.0 Å². The Kier molecular flexibility index (Phi) is 4.65. The van der Waals surface area contributed by atoms with Crippen molar-refractivity contribution in [1.29, 1.82) is 0 Å². The Bertz CT molecular complexity index is 1210. The van der Waals surface area contributed by atoms with Gasteiger partial charge in [0.2, 0.25) is 5.95 Å². The zero-order chi connectivity index (χ0) is 20.5. The number of allylic oxidation sites excluding steroid dienone is 1. The number of hydrogen-bond donors (Lipinski definition) is 2. The molecule has 2 aromatic carbocycles. The van der Waals surface area contributed by atoms with Crippen molar-refractivity contribution in [2.75, 3.05) is 10.6 Å². The molecular formula is C23H19N5OS. The number of hydrogen-bond acceptors (Lipinski definition) is 5. The van der Waals surface area contributed by atoms with E-state index in [-0.39, 0.29) is 11.9 Å². The summed E-state index contributed by atoms with van der Waals surface area (Å²) in [5.41, 5.74) is 3.07. The van der Waals surface area contributed by atoms with Gasteiger partial charge in [0.05, 0.1) is 5.57 Å². The number of para-hydroxylation sites is 1. The van der Waals surface area contributed by atoms with Gasteiger partial charge in [0, 0.05) is 21.8 Å². The topological polar surface area (TPSA) is 71.8 Å². The number of aromatic nitrogens is 3. The van der Waals surface area contributed by atoms with E-state index in [1.807, 2.05) is 85.1 Å². The van der Waals surface area contributed by atoms with Gasteiger partial charge in [-0.25, -0.2) is 4.68 Å². The van der Waals surface area contributed by atoms with Crippen LogP contribution in [0.3, 0.4) is 0 Å². The SMILES string of the molecule is CC1=C(C(=O)Nc2ccccc2)C(c2cccs2)n2nc(-c3ccccc3)nc2N1. The normalized spacial score (nSPS) is 15.4. The largest absolute Gasteiger partial charge is 0.328 e. The number of nitrogens with one attached hydrogen (secondary N) is 2. The molecule has 1 atom stereocenters. The van der Waals surface area contributed by atoms with Crippen LogP contribution >= 0.6 is 11.3 Å². The lowest BCUT2D eigenvalue weighted by atomic mass is 10.0. The molecule has 6 nitrogen and oxygen atoms in total. The molecule has 0 fully saturated rings. The van der Waals surface area contributed by atoms with Gasteiger partial charge in [-0.05, 0) is 30.5 Å². The average Bonchev–Trinajstić information content (AvgIpc) is 3.44. The first-order valence-corrected chi connectivity index (χ1v) is 10.5. The summed E-state index contributed by atoms with van der Waals surface area (Å²) < 4.78 is 1.81. The molecule has 2 N–H and O–H groups in total. The molecule has 0 bridgehead atoms. The fourth-order valence-corrected chi connectivity index (χ4v) is 4.40. The van der Waals surface area contributed by atoms with Gasteiger partial charge >= 0.3 is 0 Å². The van der Waals surface area contributed by atoms with Crippen molar-refractivity contribution in [2.45, 2.75) is 13.0 Å². The molecule has 1 amide bonds. The highest BCUT2D eigenvalue weighted by atomic mass is 32.1. The third-order valence-electron chi connectivity index (χ3n) is 4.97. The summed E-state index contributed by atoms with van der Waals surface area (Å²) >= 11 is 1.60. The maximum Gasteiger partial charge on any atom is 0.255 e. The van der Waals surface area contributed by atoms with E-state index < -0.39 is 0 Å². The summed E-state index contributed by atoms with van der Waals surface area (Å²) in [7, 11) is 0. The third-order valence-corrected chi connectivity index (χ3v) is 5.90. The van der Waals surface area contributed by atoms with Crippen molar-refractivity contribution < 1.29 is 4.79 Å². The minimum atomic E-state index is -0.352.